The summed E-state index contributed by atoms with van der Waals surface area (Å²) in [6.07, 6.45) is -0.149. The molecule has 3 rings (SSSR count). The Morgan fingerprint density at radius 3 is 2.56 bits per heavy atom. The Hall–Kier alpha value is -1.42. The summed E-state index contributed by atoms with van der Waals surface area (Å²) in [6, 6.07) is 9.33. The van der Waals surface area contributed by atoms with Gasteiger partial charge in [-0.3, -0.25) is 0 Å². The molecule has 84 valence electrons. The number of benzene rings is 1. The molecule has 16 heavy (non-hydrogen) atoms. The molecular weight excluding hydrogens is 210 g/mol. The van der Waals surface area contributed by atoms with Gasteiger partial charge in [-0.25, -0.2) is 8.78 Å². The maximum Gasteiger partial charge on any atom is 0.261 e. The fourth-order valence-corrected chi connectivity index (χ4v) is 2.29. The van der Waals surface area contributed by atoms with E-state index < -0.39 is 11.3 Å². The van der Waals surface area contributed by atoms with E-state index in [-0.39, 0.29) is 13.0 Å². The Labute approximate surface area is 91.4 Å². The molecule has 1 aliphatic rings. The number of hydrogen-bond donors (Lipinski definition) is 2. The van der Waals surface area contributed by atoms with E-state index in [1.807, 2.05) is 24.3 Å². The number of para-hydroxylation sites is 1. The van der Waals surface area contributed by atoms with Crippen LogP contribution in [-0.2, 0) is 5.41 Å². The van der Waals surface area contributed by atoms with Crippen LogP contribution in [-0.4, -0.2) is 17.5 Å². The van der Waals surface area contributed by atoms with Crippen LogP contribution < -0.4 is 5.73 Å². The van der Waals surface area contributed by atoms with Gasteiger partial charge in [0.05, 0.1) is 5.41 Å². The van der Waals surface area contributed by atoms with Crippen molar-refractivity contribution in [3.63, 3.8) is 0 Å². The molecule has 1 atom stereocenters. The van der Waals surface area contributed by atoms with Crippen molar-refractivity contribution in [2.24, 2.45) is 5.73 Å². The van der Waals surface area contributed by atoms with Gasteiger partial charge in [-0.15, -0.1) is 0 Å². The lowest BCUT2D eigenvalue weighted by atomic mass is 10.0. The fourth-order valence-electron chi connectivity index (χ4n) is 2.29. The molecule has 1 aromatic heterocycles. The molecule has 1 fully saturated rings. The van der Waals surface area contributed by atoms with Crippen molar-refractivity contribution >= 4 is 10.9 Å². The van der Waals surface area contributed by atoms with Gasteiger partial charge in [0.15, 0.2) is 0 Å². The monoisotopic (exact) mass is 222 g/mol. The predicted octanol–water partition coefficient (Wildman–Crippen LogP) is 2.40. The number of halogens is 2. The first-order valence-electron chi connectivity index (χ1n) is 5.25. The smallest absolute Gasteiger partial charge is 0.261 e. The van der Waals surface area contributed by atoms with E-state index in [2.05, 4.69) is 4.98 Å². The molecule has 0 saturated heterocycles. The first kappa shape index (κ1) is 9.78. The van der Waals surface area contributed by atoms with Gasteiger partial charge in [-0.2, -0.15) is 0 Å². The molecule has 1 unspecified atom stereocenters. The molecule has 2 nitrogen and oxygen atoms in total. The third-order valence-electron chi connectivity index (χ3n) is 3.49. The van der Waals surface area contributed by atoms with Crippen molar-refractivity contribution in [2.75, 3.05) is 6.54 Å². The van der Waals surface area contributed by atoms with Crippen molar-refractivity contribution in [1.82, 2.24) is 4.98 Å². The van der Waals surface area contributed by atoms with Gasteiger partial charge in [0.2, 0.25) is 0 Å². The molecule has 2 aromatic rings. The molecule has 1 saturated carbocycles. The number of rotatable bonds is 2. The number of fused-ring (bicyclic) bond motifs is 1. The average molecular weight is 222 g/mol. The van der Waals surface area contributed by atoms with Crippen molar-refractivity contribution < 1.29 is 8.78 Å². The van der Waals surface area contributed by atoms with Crippen molar-refractivity contribution in [3.8, 4) is 0 Å². The Kier molecular flexibility index (Phi) is 1.73. The van der Waals surface area contributed by atoms with Crippen molar-refractivity contribution in [3.05, 3.63) is 36.0 Å². The van der Waals surface area contributed by atoms with Gasteiger partial charge in [0, 0.05) is 24.2 Å². The minimum Gasteiger partial charge on any atom is -0.358 e. The molecule has 1 heterocycles. The first-order valence-corrected chi connectivity index (χ1v) is 5.25. The van der Waals surface area contributed by atoms with Gasteiger partial charge in [-0.1, -0.05) is 18.2 Å². The number of hydrogen-bond acceptors (Lipinski definition) is 1. The SMILES string of the molecule is NCC1(c2cc3ccccc3[nH]2)CC1(F)F. The van der Waals surface area contributed by atoms with Crippen LogP contribution in [0.5, 0.6) is 0 Å². The highest BCUT2D eigenvalue weighted by Gasteiger charge is 2.71. The number of nitrogens with two attached hydrogens (primary N) is 1. The maximum atomic E-state index is 13.4. The highest BCUT2D eigenvalue weighted by atomic mass is 19.3. The number of nitrogens with one attached hydrogen (secondary N) is 1. The van der Waals surface area contributed by atoms with Crippen LogP contribution in [0.15, 0.2) is 30.3 Å². The standard InChI is InChI=1S/C12H12F2N2/c13-12(14)6-11(12,7-15)10-5-8-3-1-2-4-9(8)16-10/h1-5,16H,6-7,15H2. The van der Waals surface area contributed by atoms with Gasteiger partial charge >= 0.3 is 0 Å². The van der Waals surface area contributed by atoms with Gasteiger partial charge in [-0.05, 0) is 17.5 Å². The van der Waals surface area contributed by atoms with Crippen LogP contribution in [0, 0.1) is 0 Å². The lowest BCUT2D eigenvalue weighted by molar-refractivity contribution is 0.0888. The molecule has 0 spiro atoms. The largest absolute Gasteiger partial charge is 0.358 e. The highest BCUT2D eigenvalue weighted by molar-refractivity contribution is 5.81. The van der Waals surface area contributed by atoms with Crippen molar-refractivity contribution in [2.45, 2.75) is 17.8 Å². The van der Waals surface area contributed by atoms with Gasteiger partial charge in [0.1, 0.15) is 0 Å². The minimum atomic E-state index is -2.66. The van der Waals surface area contributed by atoms with Crippen LogP contribution in [0.2, 0.25) is 0 Å². The number of aromatic nitrogens is 1. The van der Waals surface area contributed by atoms with E-state index in [9.17, 15) is 8.78 Å². The molecule has 1 aromatic carbocycles. The summed E-state index contributed by atoms with van der Waals surface area (Å²) >= 11 is 0. The topological polar surface area (TPSA) is 41.8 Å². The van der Waals surface area contributed by atoms with Crippen LogP contribution in [0.1, 0.15) is 12.1 Å². The molecule has 4 heteroatoms. The minimum absolute atomic E-state index is 0.0210. The van der Waals surface area contributed by atoms with Gasteiger partial charge in [0.25, 0.3) is 5.92 Å². The number of H-pyrrole nitrogens is 1. The first-order chi connectivity index (χ1) is 7.59. The van der Waals surface area contributed by atoms with Crippen LogP contribution in [0.4, 0.5) is 8.78 Å². The van der Waals surface area contributed by atoms with Crippen LogP contribution >= 0.6 is 0 Å². The zero-order valence-corrected chi connectivity index (χ0v) is 8.63. The summed E-state index contributed by atoms with van der Waals surface area (Å²) in [7, 11) is 0. The molecule has 0 aliphatic heterocycles. The summed E-state index contributed by atoms with van der Waals surface area (Å²) in [5.74, 6) is -2.66. The quantitative estimate of drug-likeness (QED) is 0.805. The highest BCUT2D eigenvalue weighted by Crippen LogP contribution is 2.60. The van der Waals surface area contributed by atoms with Crippen LogP contribution in [0.25, 0.3) is 10.9 Å². The normalized spacial score (nSPS) is 27.2. The lowest BCUT2D eigenvalue weighted by Crippen LogP contribution is -2.27. The summed E-state index contributed by atoms with van der Waals surface area (Å²) in [6.45, 7) is -0.0210. The molecule has 0 radical (unpaired) electrons. The lowest BCUT2D eigenvalue weighted by Gasteiger charge is -2.11. The number of aromatic amines is 1. The summed E-state index contributed by atoms with van der Waals surface area (Å²) in [5.41, 5.74) is 5.78. The Morgan fingerprint density at radius 2 is 2.00 bits per heavy atom. The Balaban J connectivity index is 2.13. The fraction of sp³-hybridized carbons (Fsp3) is 0.333. The Bertz CT molecular complexity index is 514. The summed E-state index contributed by atoms with van der Waals surface area (Å²) in [5, 5.41) is 0.952. The van der Waals surface area contributed by atoms with E-state index in [0.717, 1.165) is 10.9 Å². The van der Waals surface area contributed by atoms with Crippen molar-refractivity contribution in [1.29, 1.82) is 0 Å². The molecule has 1 aliphatic carbocycles. The molecule has 0 bridgehead atoms. The second-order valence-corrected chi connectivity index (χ2v) is 4.44. The third-order valence-corrected chi connectivity index (χ3v) is 3.49. The summed E-state index contributed by atoms with van der Waals surface area (Å²) in [4.78, 5) is 3.04. The molecule has 3 N–H and O–H groups in total. The second kappa shape index (κ2) is 2.83. The van der Waals surface area contributed by atoms with E-state index in [1.54, 1.807) is 6.07 Å². The third kappa shape index (κ3) is 1.08. The Morgan fingerprint density at radius 1 is 1.31 bits per heavy atom. The maximum absolute atomic E-state index is 13.4. The zero-order chi connectivity index (χ0) is 11.4. The molecule has 0 amide bonds. The number of alkyl halides is 2. The van der Waals surface area contributed by atoms with E-state index in [4.69, 9.17) is 5.73 Å². The summed E-state index contributed by atoms with van der Waals surface area (Å²) < 4.78 is 26.7. The molecular formula is C12H12F2N2. The average Bonchev–Trinajstić information content (AvgIpc) is 2.67. The second-order valence-electron chi connectivity index (χ2n) is 4.44. The van der Waals surface area contributed by atoms with E-state index >= 15 is 0 Å². The van der Waals surface area contributed by atoms with E-state index in [1.165, 1.54) is 0 Å². The zero-order valence-electron chi connectivity index (χ0n) is 8.63. The van der Waals surface area contributed by atoms with Crippen LogP contribution in [0.3, 0.4) is 0 Å². The van der Waals surface area contributed by atoms with Gasteiger partial charge < -0.3 is 10.7 Å². The van der Waals surface area contributed by atoms with E-state index in [0.29, 0.717) is 5.69 Å². The predicted molar refractivity (Wildman–Crippen MR) is 58.6 cm³/mol.